The first-order valence-electron chi connectivity index (χ1n) is 14.1. The molecule has 0 radical (unpaired) electrons. The van der Waals surface area contributed by atoms with E-state index in [1.54, 1.807) is 21.6 Å². The van der Waals surface area contributed by atoms with Crippen LogP contribution in [0.25, 0.3) is 0 Å². The molecule has 1 aromatic rings. The first kappa shape index (κ1) is 27.8. The van der Waals surface area contributed by atoms with E-state index in [9.17, 15) is 19.5 Å². The first-order chi connectivity index (χ1) is 18.8. The van der Waals surface area contributed by atoms with Gasteiger partial charge in [-0.2, -0.15) is 0 Å². The van der Waals surface area contributed by atoms with Crippen LogP contribution in [-0.4, -0.2) is 87.6 Å². The minimum absolute atomic E-state index is 0.00347. The molecule has 5 rings (SSSR count). The van der Waals surface area contributed by atoms with E-state index >= 15 is 0 Å². The van der Waals surface area contributed by atoms with E-state index in [1.165, 1.54) is 0 Å². The van der Waals surface area contributed by atoms with Gasteiger partial charge in [-0.15, -0.1) is 11.8 Å². The summed E-state index contributed by atoms with van der Waals surface area (Å²) in [5, 5.41) is 9.05. The lowest BCUT2D eigenvalue weighted by Crippen LogP contribution is -2.54. The van der Waals surface area contributed by atoms with Gasteiger partial charge < -0.3 is 24.5 Å². The molecule has 4 aliphatic heterocycles. The van der Waals surface area contributed by atoms with Crippen LogP contribution in [0.15, 0.2) is 48.6 Å². The molecular weight excluding hydrogens is 514 g/mol. The van der Waals surface area contributed by atoms with E-state index < -0.39 is 22.6 Å². The maximum absolute atomic E-state index is 14.3. The van der Waals surface area contributed by atoms with E-state index in [4.69, 9.17) is 4.74 Å². The Bertz CT molecular complexity index is 1150. The highest BCUT2D eigenvalue weighted by Gasteiger charge is 2.71. The van der Waals surface area contributed by atoms with Crippen molar-refractivity contribution in [3.63, 3.8) is 0 Å². The number of aliphatic hydroxyl groups excluding tert-OH is 1. The number of anilines is 1. The fraction of sp³-hybridized carbons (Fsp3) is 0.567. The number of likely N-dealkylation sites (tertiary alicyclic amines) is 1. The summed E-state index contributed by atoms with van der Waals surface area (Å²) in [7, 11) is 0. The number of thioether (sulfide) groups is 1. The summed E-state index contributed by atoms with van der Waals surface area (Å²) < 4.78 is 4.78. The smallest absolute Gasteiger partial charge is 0.247 e. The normalized spacial score (nSPS) is 30.0. The minimum atomic E-state index is -0.800. The van der Waals surface area contributed by atoms with Crippen molar-refractivity contribution in [2.24, 2.45) is 11.8 Å². The number of rotatable bonds is 9. The van der Waals surface area contributed by atoms with Crippen LogP contribution in [0.4, 0.5) is 5.69 Å². The molecule has 0 aliphatic carbocycles. The number of carbonyl (C=O) groups excluding carboxylic acids is 3. The number of unbranched alkanes of at least 4 members (excludes halogenated alkanes) is 2. The number of carbonyl (C=O) groups is 3. The van der Waals surface area contributed by atoms with Crippen molar-refractivity contribution in [1.82, 2.24) is 9.80 Å². The van der Waals surface area contributed by atoms with Crippen molar-refractivity contribution < 1.29 is 24.2 Å². The molecule has 2 fully saturated rings. The predicted octanol–water partition coefficient (Wildman–Crippen LogP) is 3.25. The molecule has 3 amide bonds. The SMILES string of the molecule is CCOc1ccc(N2CC=C[C@H]3S[C@]45C=CCN(C(C)C)C(=O)C4N(CCCCCO)C(=O)[C@@H]5[C@H]3C2=O)cc1. The van der Waals surface area contributed by atoms with E-state index in [0.717, 1.165) is 17.9 Å². The third-order valence-corrected chi connectivity index (χ3v) is 10.1. The number of hydrogen-bond donors (Lipinski definition) is 1. The van der Waals surface area contributed by atoms with Gasteiger partial charge in [-0.25, -0.2) is 0 Å². The van der Waals surface area contributed by atoms with E-state index in [0.29, 0.717) is 39.1 Å². The summed E-state index contributed by atoms with van der Waals surface area (Å²) in [6.45, 7) is 7.96. The number of fused-ring (bicyclic) bond motifs is 2. The summed E-state index contributed by atoms with van der Waals surface area (Å²) in [6, 6.07) is 6.84. The third kappa shape index (κ3) is 4.78. The van der Waals surface area contributed by atoms with Gasteiger partial charge in [-0.1, -0.05) is 24.3 Å². The molecule has 2 saturated heterocycles. The monoisotopic (exact) mass is 553 g/mol. The van der Waals surface area contributed by atoms with Gasteiger partial charge in [0.15, 0.2) is 0 Å². The van der Waals surface area contributed by atoms with Gasteiger partial charge in [0, 0.05) is 43.2 Å². The molecule has 0 aromatic heterocycles. The van der Waals surface area contributed by atoms with Gasteiger partial charge in [0.25, 0.3) is 0 Å². The van der Waals surface area contributed by atoms with Gasteiger partial charge in [-0.3, -0.25) is 14.4 Å². The Morgan fingerprint density at radius 1 is 1.03 bits per heavy atom. The van der Waals surface area contributed by atoms with E-state index in [1.807, 2.05) is 62.1 Å². The van der Waals surface area contributed by atoms with Crippen molar-refractivity contribution in [2.45, 2.75) is 62.1 Å². The molecule has 0 bridgehead atoms. The van der Waals surface area contributed by atoms with Gasteiger partial charge in [0.05, 0.1) is 23.2 Å². The molecular formula is C30H39N3O5S. The number of benzene rings is 1. The highest BCUT2D eigenvalue weighted by atomic mass is 32.2. The number of aliphatic hydroxyl groups is 1. The number of ether oxygens (including phenoxy) is 1. The Labute approximate surface area is 235 Å². The average molecular weight is 554 g/mol. The number of nitrogens with zero attached hydrogens (tertiary/aromatic N) is 3. The van der Waals surface area contributed by atoms with Crippen LogP contribution in [-0.2, 0) is 14.4 Å². The van der Waals surface area contributed by atoms with Crippen molar-refractivity contribution in [3.8, 4) is 5.75 Å². The average Bonchev–Trinajstić information content (AvgIpc) is 3.22. The summed E-state index contributed by atoms with van der Waals surface area (Å²) in [6.07, 6.45) is 10.3. The lowest BCUT2D eigenvalue weighted by Gasteiger charge is -2.36. The van der Waals surface area contributed by atoms with Crippen LogP contribution >= 0.6 is 11.8 Å². The van der Waals surface area contributed by atoms with E-state index in [2.05, 4.69) is 12.2 Å². The largest absolute Gasteiger partial charge is 0.494 e. The quantitative estimate of drug-likeness (QED) is 0.373. The number of amides is 3. The lowest BCUT2D eigenvalue weighted by atomic mass is 9.78. The molecule has 4 heterocycles. The van der Waals surface area contributed by atoms with Crippen LogP contribution in [0.2, 0.25) is 0 Å². The second-order valence-electron chi connectivity index (χ2n) is 10.9. The zero-order valence-electron chi connectivity index (χ0n) is 23.0. The molecule has 1 unspecified atom stereocenters. The molecule has 5 atom stereocenters. The zero-order valence-corrected chi connectivity index (χ0v) is 23.8. The summed E-state index contributed by atoms with van der Waals surface area (Å²) in [5.41, 5.74) is 0.765. The van der Waals surface area contributed by atoms with Gasteiger partial charge in [0.1, 0.15) is 11.8 Å². The Balaban J connectivity index is 1.52. The lowest BCUT2D eigenvalue weighted by molar-refractivity contribution is -0.143. The number of hydrogen-bond acceptors (Lipinski definition) is 6. The van der Waals surface area contributed by atoms with Gasteiger partial charge >= 0.3 is 0 Å². The highest BCUT2D eigenvalue weighted by molar-refractivity contribution is 8.02. The first-order valence-corrected chi connectivity index (χ1v) is 15.0. The standard InChI is InChI=1S/C30H39N3O5S/c1-4-38-22-13-11-21(12-14-22)32-17-8-10-23-24(27(32)35)25-28(36)33(16-6-5-7-19-34)26-29(37)31(20(2)3)18-9-15-30(25,26)39-23/h8-15,20,23-26,34H,4-7,16-19H2,1-3H3/t23-,24+,25+,26?,30+/m1/s1. The van der Waals surface area contributed by atoms with Crippen LogP contribution in [0.5, 0.6) is 5.75 Å². The molecule has 1 spiro atoms. The van der Waals surface area contributed by atoms with Crippen LogP contribution in [0.3, 0.4) is 0 Å². The molecule has 4 aliphatic rings. The Hall–Kier alpha value is -2.78. The molecule has 8 nitrogen and oxygen atoms in total. The Kier molecular flexibility index (Phi) is 8.10. The molecule has 210 valence electrons. The van der Waals surface area contributed by atoms with Crippen LogP contribution in [0, 0.1) is 11.8 Å². The Morgan fingerprint density at radius 3 is 2.49 bits per heavy atom. The molecule has 1 N–H and O–H groups in total. The molecule has 1 aromatic carbocycles. The zero-order chi connectivity index (χ0) is 27.7. The maximum atomic E-state index is 14.3. The minimum Gasteiger partial charge on any atom is -0.494 e. The third-order valence-electron chi connectivity index (χ3n) is 8.33. The molecule has 0 saturated carbocycles. The summed E-state index contributed by atoms with van der Waals surface area (Å²) in [4.78, 5) is 48.0. The topological polar surface area (TPSA) is 90.4 Å². The fourth-order valence-corrected chi connectivity index (χ4v) is 8.56. The summed E-state index contributed by atoms with van der Waals surface area (Å²) >= 11 is 1.61. The van der Waals surface area contributed by atoms with E-state index in [-0.39, 0.29) is 35.6 Å². The Morgan fingerprint density at radius 2 is 1.79 bits per heavy atom. The molecule has 39 heavy (non-hydrogen) atoms. The van der Waals surface area contributed by atoms with Crippen molar-refractivity contribution in [2.75, 3.05) is 37.7 Å². The predicted molar refractivity (Wildman–Crippen MR) is 153 cm³/mol. The van der Waals surface area contributed by atoms with Gasteiger partial charge in [-0.05, 0) is 64.3 Å². The highest BCUT2D eigenvalue weighted by Crippen LogP contribution is 2.61. The van der Waals surface area contributed by atoms with Crippen molar-refractivity contribution >= 4 is 35.2 Å². The second-order valence-corrected chi connectivity index (χ2v) is 12.4. The van der Waals surface area contributed by atoms with Crippen molar-refractivity contribution in [3.05, 3.63) is 48.6 Å². The second kappa shape index (κ2) is 11.4. The van der Waals surface area contributed by atoms with Crippen LogP contribution < -0.4 is 9.64 Å². The maximum Gasteiger partial charge on any atom is 0.247 e. The summed E-state index contributed by atoms with van der Waals surface area (Å²) in [5.74, 6) is -0.679. The van der Waals surface area contributed by atoms with Crippen molar-refractivity contribution in [1.29, 1.82) is 0 Å². The van der Waals surface area contributed by atoms with Gasteiger partial charge in [0.2, 0.25) is 17.7 Å². The fourth-order valence-electron chi connectivity index (χ4n) is 6.55. The molecule has 9 heteroatoms. The van der Waals surface area contributed by atoms with Crippen LogP contribution in [0.1, 0.15) is 40.0 Å².